The lowest BCUT2D eigenvalue weighted by atomic mass is 10.2. The minimum atomic E-state index is -0.102. The number of hydrogen-bond donors (Lipinski definition) is 1. The largest absolute Gasteiger partial charge is 0.405 e. The van der Waals surface area contributed by atoms with Gasteiger partial charge < -0.3 is 9.15 Å². The summed E-state index contributed by atoms with van der Waals surface area (Å²) in [5, 5.41) is 9.64. The maximum Gasteiger partial charge on any atom is 0.322 e. The molecule has 2 heterocycles. The maximum atomic E-state index is 10.0. The summed E-state index contributed by atoms with van der Waals surface area (Å²) in [5.74, 6) is 0.432. The third kappa shape index (κ3) is 1.67. The predicted octanol–water partition coefficient (Wildman–Crippen LogP) is 0.489. The molecule has 0 spiro atoms. The van der Waals surface area contributed by atoms with Gasteiger partial charge in [-0.1, -0.05) is 5.10 Å². The van der Waals surface area contributed by atoms with Crippen molar-refractivity contribution in [2.75, 3.05) is 11.9 Å². The summed E-state index contributed by atoms with van der Waals surface area (Å²) < 4.78 is 10.4. The van der Waals surface area contributed by atoms with Crippen LogP contribution >= 0.6 is 0 Å². The molecule has 1 aromatic heterocycles. The molecule has 0 bridgehead atoms. The zero-order chi connectivity index (χ0) is 9.10. The SMILES string of the molecule is O=CNc1nnc(C2CCCO2)o1. The van der Waals surface area contributed by atoms with Crippen molar-refractivity contribution in [3.05, 3.63) is 5.89 Å². The topological polar surface area (TPSA) is 77.2 Å². The molecule has 1 aliphatic heterocycles. The second-order valence-electron chi connectivity index (χ2n) is 2.71. The number of anilines is 1. The van der Waals surface area contributed by atoms with Gasteiger partial charge in [0.05, 0.1) is 0 Å². The van der Waals surface area contributed by atoms with Crippen molar-refractivity contribution in [3.63, 3.8) is 0 Å². The fourth-order valence-electron chi connectivity index (χ4n) is 1.25. The fraction of sp³-hybridized carbons (Fsp3) is 0.571. The van der Waals surface area contributed by atoms with E-state index in [1.807, 2.05) is 0 Å². The molecule has 1 N–H and O–H groups in total. The van der Waals surface area contributed by atoms with E-state index in [4.69, 9.17) is 9.15 Å². The van der Waals surface area contributed by atoms with Crippen LogP contribution in [0.2, 0.25) is 0 Å². The first-order chi connectivity index (χ1) is 6.40. The van der Waals surface area contributed by atoms with Crippen LogP contribution in [0.15, 0.2) is 4.42 Å². The molecule has 0 radical (unpaired) electrons. The molecule has 0 aromatic carbocycles. The van der Waals surface area contributed by atoms with Gasteiger partial charge in [-0.15, -0.1) is 5.10 Å². The van der Waals surface area contributed by atoms with Gasteiger partial charge >= 0.3 is 6.01 Å². The highest BCUT2D eigenvalue weighted by molar-refractivity contribution is 5.65. The first kappa shape index (κ1) is 8.18. The lowest BCUT2D eigenvalue weighted by Crippen LogP contribution is -1.95. The first-order valence-electron chi connectivity index (χ1n) is 4.05. The Morgan fingerprint density at radius 1 is 1.54 bits per heavy atom. The van der Waals surface area contributed by atoms with E-state index in [0.717, 1.165) is 19.4 Å². The number of carbonyl (C=O) groups excluding carboxylic acids is 1. The highest BCUT2D eigenvalue weighted by Crippen LogP contribution is 2.27. The van der Waals surface area contributed by atoms with Crippen LogP contribution in [0.3, 0.4) is 0 Å². The molecular weight excluding hydrogens is 174 g/mol. The van der Waals surface area contributed by atoms with Crippen molar-refractivity contribution in [1.82, 2.24) is 10.2 Å². The van der Waals surface area contributed by atoms with Gasteiger partial charge in [-0.05, 0) is 12.8 Å². The molecule has 1 unspecified atom stereocenters. The third-order valence-electron chi connectivity index (χ3n) is 1.83. The summed E-state index contributed by atoms with van der Waals surface area (Å²) in [6.07, 6.45) is 2.29. The van der Waals surface area contributed by atoms with Crippen molar-refractivity contribution >= 4 is 12.4 Å². The Balaban J connectivity index is 2.07. The van der Waals surface area contributed by atoms with Crippen LogP contribution in [0.4, 0.5) is 6.01 Å². The summed E-state index contributed by atoms with van der Waals surface area (Å²) in [7, 11) is 0. The molecule has 1 fully saturated rings. The van der Waals surface area contributed by atoms with E-state index in [0.29, 0.717) is 12.3 Å². The zero-order valence-electron chi connectivity index (χ0n) is 6.90. The average Bonchev–Trinajstić information content (AvgIpc) is 2.70. The zero-order valence-corrected chi connectivity index (χ0v) is 6.90. The molecule has 2 rings (SSSR count). The van der Waals surface area contributed by atoms with Crippen LogP contribution in [0.5, 0.6) is 0 Å². The van der Waals surface area contributed by atoms with Crippen LogP contribution < -0.4 is 5.32 Å². The lowest BCUT2D eigenvalue weighted by Gasteiger charge is -2.00. The number of nitrogens with zero attached hydrogens (tertiary/aromatic N) is 2. The standard InChI is InChI=1S/C7H9N3O3/c11-4-8-7-10-9-6(13-7)5-2-1-3-12-5/h4-5H,1-3H2,(H,8,10,11). The number of amides is 1. The molecule has 1 aromatic rings. The van der Waals surface area contributed by atoms with Gasteiger partial charge in [0.25, 0.3) is 0 Å². The molecular formula is C7H9N3O3. The summed E-state index contributed by atoms with van der Waals surface area (Å²) in [4.78, 5) is 10.0. The van der Waals surface area contributed by atoms with E-state index in [1.165, 1.54) is 0 Å². The van der Waals surface area contributed by atoms with E-state index in [1.54, 1.807) is 0 Å². The Morgan fingerprint density at radius 2 is 2.46 bits per heavy atom. The van der Waals surface area contributed by atoms with Gasteiger partial charge in [-0.3, -0.25) is 10.1 Å². The molecule has 6 heteroatoms. The maximum absolute atomic E-state index is 10.0. The first-order valence-corrected chi connectivity index (χ1v) is 4.05. The Morgan fingerprint density at radius 3 is 3.15 bits per heavy atom. The highest BCUT2D eigenvalue weighted by atomic mass is 16.5. The van der Waals surface area contributed by atoms with Crippen molar-refractivity contribution < 1.29 is 13.9 Å². The summed E-state index contributed by atoms with van der Waals surface area (Å²) in [5.41, 5.74) is 0. The number of ether oxygens (including phenoxy) is 1. The van der Waals surface area contributed by atoms with Crippen LogP contribution in [-0.2, 0) is 9.53 Å². The lowest BCUT2D eigenvalue weighted by molar-refractivity contribution is -0.105. The second kappa shape index (κ2) is 3.53. The fourth-order valence-corrected chi connectivity index (χ4v) is 1.25. The quantitative estimate of drug-likeness (QED) is 0.690. The van der Waals surface area contributed by atoms with Gasteiger partial charge in [-0.2, -0.15) is 0 Å². The predicted molar refractivity (Wildman–Crippen MR) is 41.9 cm³/mol. The van der Waals surface area contributed by atoms with E-state index in [9.17, 15) is 4.79 Å². The Bertz CT molecular complexity index is 293. The molecule has 70 valence electrons. The van der Waals surface area contributed by atoms with Crippen molar-refractivity contribution in [2.45, 2.75) is 18.9 Å². The van der Waals surface area contributed by atoms with Crippen LogP contribution in [0.25, 0.3) is 0 Å². The van der Waals surface area contributed by atoms with Crippen molar-refractivity contribution in [3.8, 4) is 0 Å². The molecule has 1 aliphatic rings. The Hall–Kier alpha value is -1.43. The van der Waals surface area contributed by atoms with Gasteiger partial charge in [0, 0.05) is 6.61 Å². The number of aromatic nitrogens is 2. The van der Waals surface area contributed by atoms with E-state index in [2.05, 4.69) is 15.5 Å². The Labute approximate surface area is 74.3 Å². The molecule has 6 nitrogen and oxygen atoms in total. The molecule has 1 amide bonds. The number of rotatable bonds is 3. The molecule has 1 atom stereocenters. The van der Waals surface area contributed by atoms with E-state index < -0.39 is 0 Å². The average molecular weight is 183 g/mol. The second-order valence-corrected chi connectivity index (χ2v) is 2.71. The summed E-state index contributed by atoms with van der Waals surface area (Å²) in [6.45, 7) is 0.726. The third-order valence-corrected chi connectivity index (χ3v) is 1.83. The molecule has 0 saturated carbocycles. The smallest absolute Gasteiger partial charge is 0.322 e. The highest BCUT2D eigenvalue weighted by Gasteiger charge is 2.23. The summed E-state index contributed by atoms with van der Waals surface area (Å²) >= 11 is 0. The van der Waals surface area contributed by atoms with Gasteiger partial charge in [0.15, 0.2) is 0 Å². The molecule has 1 saturated heterocycles. The number of nitrogens with one attached hydrogen (secondary N) is 1. The van der Waals surface area contributed by atoms with Crippen LogP contribution in [-0.4, -0.2) is 23.2 Å². The van der Waals surface area contributed by atoms with Crippen LogP contribution in [0, 0.1) is 0 Å². The van der Waals surface area contributed by atoms with Crippen molar-refractivity contribution in [2.24, 2.45) is 0 Å². The summed E-state index contributed by atoms with van der Waals surface area (Å²) in [6, 6.07) is 0.112. The number of hydrogen-bond acceptors (Lipinski definition) is 5. The van der Waals surface area contributed by atoms with Gasteiger partial charge in [0.1, 0.15) is 6.10 Å². The molecule has 0 aliphatic carbocycles. The Kier molecular flexibility index (Phi) is 2.22. The van der Waals surface area contributed by atoms with Gasteiger partial charge in [-0.25, -0.2) is 0 Å². The minimum absolute atomic E-state index is 0.102. The van der Waals surface area contributed by atoms with Crippen LogP contribution in [0.1, 0.15) is 24.8 Å². The van der Waals surface area contributed by atoms with Gasteiger partial charge in [0.2, 0.25) is 12.3 Å². The minimum Gasteiger partial charge on any atom is -0.405 e. The van der Waals surface area contributed by atoms with Crippen molar-refractivity contribution in [1.29, 1.82) is 0 Å². The van der Waals surface area contributed by atoms with E-state index in [-0.39, 0.29) is 12.1 Å². The number of carbonyl (C=O) groups is 1. The molecule has 13 heavy (non-hydrogen) atoms. The van der Waals surface area contributed by atoms with E-state index >= 15 is 0 Å². The normalized spacial score (nSPS) is 21.7. The monoisotopic (exact) mass is 183 g/mol.